The van der Waals surface area contributed by atoms with Crippen LogP contribution in [0.2, 0.25) is 5.02 Å². The van der Waals surface area contributed by atoms with Crippen molar-refractivity contribution < 1.29 is 20.1 Å². The number of carbonyl (C=O) groups is 1. The van der Waals surface area contributed by atoms with Crippen LogP contribution in [0.15, 0.2) is 36.4 Å². The summed E-state index contributed by atoms with van der Waals surface area (Å²) in [7, 11) is 0. The molecule has 0 fully saturated rings. The summed E-state index contributed by atoms with van der Waals surface area (Å²) in [6.45, 7) is 0. The number of rotatable bonds is 2. The minimum Gasteiger partial charge on any atom is -0.504 e. The van der Waals surface area contributed by atoms with Crippen molar-refractivity contribution in [3.8, 4) is 17.2 Å². The second kappa shape index (κ2) is 5.58. The van der Waals surface area contributed by atoms with Crippen molar-refractivity contribution in [2.75, 3.05) is 10.6 Å². The Hall–Kier alpha value is -2.60. The third-order valence-corrected chi connectivity index (χ3v) is 2.78. The molecule has 0 aliphatic carbocycles. The predicted octanol–water partition coefficient (Wildman–Crippen LogP) is 3.10. The van der Waals surface area contributed by atoms with Crippen LogP contribution in [0.3, 0.4) is 0 Å². The molecule has 20 heavy (non-hydrogen) atoms. The summed E-state index contributed by atoms with van der Waals surface area (Å²) < 4.78 is 0. The zero-order valence-electron chi connectivity index (χ0n) is 10.1. The first kappa shape index (κ1) is 13.8. The summed E-state index contributed by atoms with van der Waals surface area (Å²) in [5.74, 6) is -1.74. The smallest absolute Gasteiger partial charge is 0.323 e. The molecule has 0 saturated heterocycles. The number of halogens is 1. The molecule has 2 aromatic carbocycles. The Kier molecular flexibility index (Phi) is 3.86. The SMILES string of the molecule is O=C(Nc1cc(O)c(O)c(O)c1)Nc1ccccc1Cl. The van der Waals surface area contributed by atoms with E-state index in [1.165, 1.54) is 0 Å². The van der Waals surface area contributed by atoms with Crippen molar-refractivity contribution in [2.45, 2.75) is 0 Å². The number of anilines is 2. The number of para-hydroxylation sites is 1. The number of phenolic OH excluding ortho intramolecular Hbond substituents is 3. The molecule has 0 saturated carbocycles. The molecule has 2 amide bonds. The number of hydrogen-bond acceptors (Lipinski definition) is 4. The third kappa shape index (κ3) is 3.04. The molecule has 0 aliphatic rings. The number of carbonyl (C=O) groups excluding carboxylic acids is 1. The number of amides is 2. The third-order valence-electron chi connectivity index (χ3n) is 2.45. The lowest BCUT2D eigenvalue weighted by molar-refractivity contribution is 0.262. The lowest BCUT2D eigenvalue weighted by Gasteiger charge is -2.10. The van der Waals surface area contributed by atoms with Crippen molar-refractivity contribution in [3.05, 3.63) is 41.4 Å². The van der Waals surface area contributed by atoms with E-state index in [0.29, 0.717) is 10.7 Å². The van der Waals surface area contributed by atoms with E-state index in [-0.39, 0.29) is 5.69 Å². The second-order valence-electron chi connectivity index (χ2n) is 3.92. The molecule has 0 aromatic heterocycles. The maximum Gasteiger partial charge on any atom is 0.323 e. The van der Waals surface area contributed by atoms with Crippen molar-refractivity contribution in [1.29, 1.82) is 0 Å². The quantitative estimate of drug-likeness (QED) is 0.434. The van der Waals surface area contributed by atoms with Gasteiger partial charge in [0.1, 0.15) is 0 Å². The molecule has 6 nitrogen and oxygen atoms in total. The van der Waals surface area contributed by atoms with Crippen molar-refractivity contribution in [2.24, 2.45) is 0 Å². The van der Waals surface area contributed by atoms with Crippen LogP contribution in [0.4, 0.5) is 16.2 Å². The van der Waals surface area contributed by atoms with Gasteiger partial charge in [0.2, 0.25) is 0 Å². The van der Waals surface area contributed by atoms with Gasteiger partial charge in [-0.2, -0.15) is 0 Å². The minimum atomic E-state index is -0.651. The maximum absolute atomic E-state index is 11.7. The molecule has 2 rings (SSSR count). The molecule has 0 spiro atoms. The van der Waals surface area contributed by atoms with Gasteiger partial charge >= 0.3 is 6.03 Å². The fraction of sp³-hybridized carbons (Fsp3) is 0. The second-order valence-corrected chi connectivity index (χ2v) is 4.33. The van der Waals surface area contributed by atoms with Crippen LogP contribution in [0.25, 0.3) is 0 Å². The van der Waals surface area contributed by atoms with Gasteiger partial charge in [-0.05, 0) is 12.1 Å². The van der Waals surface area contributed by atoms with E-state index in [1.807, 2.05) is 0 Å². The summed E-state index contributed by atoms with van der Waals surface area (Å²) >= 11 is 5.89. The topological polar surface area (TPSA) is 102 Å². The van der Waals surface area contributed by atoms with Crippen LogP contribution in [-0.4, -0.2) is 21.4 Å². The van der Waals surface area contributed by atoms with Gasteiger partial charge in [-0.3, -0.25) is 0 Å². The van der Waals surface area contributed by atoms with Crippen LogP contribution in [0, 0.1) is 0 Å². The average Bonchev–Trinajstić information content (AvgIpc) is 2.38. The highest BCUT2D eigenvalue weighted by molar-refractivity contribution is 6.33. The van der Waals surface area contributed by atoms with Gasteiger partial charge in [-0.15, -0.1) is 0 Å². The first-order valence-corrected chi connectivity index (χ1v) is 5.92. The molecule has 2 aromatic rings. The molecule has 5 N–H and O–H groups in total. The highest BCUT2D eigenvalue weighted by atomic mass is 35.5. The lowest BCUT2D eigenvalue weighted by Crippen LogP contribution is -2.19. The Labute approximate surface area is 119 Å². The Bertz CT molecular complexity index is 638. The maximum atomic E-state index is 11.7. The summed E-state index contributed by atoms with van der Waals surface area (Å²) in [6, 6.07) is 8.26. The van der Waals surface area contributed by atoms with E-state index < -0.39 is 23.3 Å². The first-order valence-electron chi connectivity index (χ1n) is 5.55. The predicted molar refractivity (Wildman–Crippen MR) is 75.5 cm³/mol. The number of urea groups is 1. The Morgan fingerprint density at radius 3 is 2.20 bits per heavy atom. The van der Waals surface area contributed by atoms with Crippen LogP contribution in [-0.2, 0) is 0 Å². The molecule has 0 heterocycles. The average molecular weight is 295 g/mol. The fourth-order valence-corrected chi connectivity index (χ4v) is 1.71. The van der Waals surface area contributed by atoms with Gasteiger partial charge in [-0.1, -0.05) is 23.7 Å². The monoisotopic (exact) mass is 294 g/mol. The van der Waals surface area contributed by atoms with Gasteiger partial charge in [0.05, 0.1) is 16.4 Å². The largest absolute Gasteiger partial charge is 0.504 e. The van der Waals surface area contributed by atoms with E-state index in [9.17, 15) is 20.1 Å². The molecule has 0 aliphatic heterocycles. The number of nitrogens with one attached hydrogen (secondary N) is 2. The van der Waals surface area contributed by atoms with Crippen LogP contribution in [0.5, 0.6) is 17.2 Å². The zero-order valence-corrected chi connectivity index (χ0v) is 10.8. The molecule has 0 atom stereocenters. The number of phenols is 3. The van der Waals surface area contributed by atoms with E-state index in [0.717, 1.165) is 12.1 Å². The van der Waals surface area contributed by atoms with E-state index in [2.05, 4.69) is 10.6 Å². The molecule has 0 radical (unpaired) electrons. The van der Waals surface area contributed by atoms with E-state index >= 15 is 0 Å². The molecule has 0 unspecified atom stereocenters. The molecule has 104 valence electrons. The van der Waals surface area contributed by atoms with Crippen LogP contribution >= 0.6 is 11.6 Å². The van der Waals surface area contributed by atoms with Gasteiger partial charge in [-0.25, -0.2) is 4.79 Å². The van der Waals surface area contributed by atoms with E-state index in [4.69, 9.17) is 11.6 Å². The van der Waals surface area contributed by atoms with Gasteiger partial charge in [0.25, 0.3) is 0 Å². The van der Waals surface area contributed by atoms with Gasteiger partial charge in [0, 0.05) is 12.1 Å². The molecular formula is C13H11ClN2O4. The van der Waals surface area contributed by atoms with Crippen LogP contribution < -0.4 is 10.6 Å². The molecular weight excluding hydrogens is 284 g/mol. The van der Waals surface area contributed by atoms with Crippen LogP contribution in [0.1, 0.15) is 0 Å². The Morgan fingerprint density at radius 1 is 1.00 bits per heavy atom. The van der Waals surface area contributed by atoms with Gasteiger partial charge in [0.15, 0.2) is 17.2 Å². The van der Waals surface area contributed by atoms with Crippen molar-refractivity contribution >= 4 is 29.0 Å². The first-order chi connectivity index (χ1) is 9.47. The zero-order chi connectivity index (χ0) is 14.7. The number of hydrogen-bond donors (Lipinski definition) is 5. The van der Waals surface area contributed by atoms with Gasteiger partial charge < -0.3 is 26.0 Å². The highest BCUT2D eigenvalue weighted by Crippen LogP contribution is 2.37. The van der Waals surface area contributed by atoms with E-state index in [1.54, 1.807) is 24.3 Å². The van der Waals surface area contributed by atoms with Crippen molar-refractivity contribution in [1.82, 2.24) is 0 Å². The lowest BCUT2D eigenvalue weighted by atomic mass is 10.2. The Balaban J connectivity index is 2.11. The normalized spacial score (nSPS) is 10.1. The summed E-state index contributed by atoms with van der Waals surface area (Å²) in [6.07, 6.45) is 0. The standard InChI is InChI=1S/C13H11ClN2O4/c14-8-3-1-2-4-9(8)16-13(20)15-7-5-10(17)12(19)11(18)6-7/h1-6,17-19H,(H2,15,16,20). The summed E-state index contributed by atoms with van der Waals surface area (Å²) in [5.41, 5.74) is 0.529. The summed E-state index contributed by atoms with van der Waals surface area (Å²) in [4.78, 5) is 11.7. The molecule has 0 bridgehead atoms. The molecule has 7 heteroatoms. The number of benzene rings is 2. The van der Waals surface area contributed by atoms with Crippen molar-refractivity contribution in [3.63, 3.8) is 0 Å². The number of aromatic hydroxyl groups is 3. The fourth-order valence-electron chi connectivity index (χ4n) is 1.52. The minimum absolute atomic E-state index is 0.113. The summed E-state index contributed by atoms with van der Waals surface area (Å²) in [5, 5.41) is 33.1. The highest BCUT2D eigenvalue weighted by Gasteiger charge is 2.11. The Morgan fingerprint density at radius 2 is 1.60 bits per heavy atom.